The zero-order valence-electron chi connectivity index (χ0n) is 6.13. The molecule has 3 heteroatoms. The Morgan fingerprint density at radius 3 is 2.80 bits per heavy atom. The normalized spacial score (nSPS) is 9.30. The van der Waals surface area contributed by atoms with Gasteiger partial charge in [-0.05, 0) is 0 Å². The summed E-state index contributed by atoms with van der Waals surface area (Å²) in [6, 6.07) is 0. The first-order valence-corrected chi connectivity index (χ1v) is 3.98. The Labute approximate surface area is 69.5 Å². The summed E-state index contributed by atoms with van der Waals surface area (Å²) in [5, 5.41) is 0. The molecule has 0 radical (unpaired) electrons. The minimum atomic E-state index is 0.649. The molecule has 0 aromatic carbocycles. The van der Waals surface area contributed by atoms with Gasteiger partial charge in [0.2, 0.25) is 0 Å². The fraction of sp³-hybridized carbons (Fsp3) is 0.714. The van der Waals surface area contributed by atoms with Crippen LogP contribution in [0.1, 0.15) is 26.2 Å². The Bertz CT molecular complexity index is 112. The Morgan fingerprint density at radius 2 is 2.30 bits per heavy atom. The van der Waals surface area contributed by atoms with E-state index in [1.807, 2.05) is 6.92 Å². The molecule has 10 heavy (non-hydrogen) atoms. The summed E-state index contributed by atoms with van der Waals surface area (Å²) >= 11 is 2.76. The van der Waals surface area contributed by atoms with Gasteiger partial charge in [-0.15, -0.1) is 0 Å². The molecule has 0 saturated carbocycles. The van der Waals surface area contributed by atoms with Crippen molar-refractivity contribution < 1.29 is 25.4 Å². The zero-order valence-corrected chi connectivity index (χ0v) is 7.41. The molecule has 0 saturated heterocycles. The fourth-order valence-corrected chi connectivity index (χ4v) is 0.676. The van der Waals surface area contributed by atoms with Crippen molar-refractivity contribution in [1.29, 1.82) is 0 Å². The molecule has 0 N–H and O–H groups in total. The number of carbonyl (C=O) groups is 1. The molecular formula is C7H12CrO2. The molecule has 0 amide bonds. The van der Waals surface area contributed by atoms with Crippen molar-refractivity contribution in [3.05, 3.63) is 0 Å². The zero-order chi connectivity index (χ0) is 7.82. The van der Waals surface area contributed by atoms with Gasteiger partial charge in [-0.3, -0.25) is 0 Å². The third kappa shape index (κ3) is 8.03. The van der Waals surface area contributed by atoms with Crippen LogP contribution in [0.2, 0.25) is 0 Å². The van der Waals surface area contributed by atoms with E-state index in [-0.39, 0.29) is 0 Å². The number of ether oxygens (including phenoxy) is 1. The third-order valence-corrected chi connectivity index (χ3v) is 1.21. The average Bonchev–Trinajstić information content (AvgIpc) is 1.87. The molecular weight excluding hydrogens is 168 g/mol. The van der Waals surface area contributed by atoms with Gasteiger partial charge in [0.15, 0.2) is 0 Å². The van der Waals surface area contributed by atoms with Crippen molar-refractivity contribution in [2.45, 2.75) is 26.2 Å². The second-order valence-corrected chi connectivity index (χ2v) is 2.90. The second kappa shape index (κ2) is 7.14. The molecule has 0 aromatic rings. The van der Waals surface area contributed by atoms with Crippen LogP contribution >= 0.6 is 0 Å². The van der Waals surface area contributed by atoms with E-state index >= 15 is 0 Å². The van der Waals surface area contributed by atoms with E-state index in [1.54, 1.807) is 0 Å². The molecule has 0 fully saturated rings. The van der Waals surface area contributed by atoms with Crippen LogP contribution < -0.4 is 0 Å². The first-order chi connectivity index (χ1) is 4.77. The molecule has 0 aliphatic rings. The number of carbonyl (C=O) groups excluding carboxylic acids is 1. The standard InChI is InChI=1S/C7H12O2.Cr/c1-2-9-7-5-3-4-6-8;/h6H,3-5,7H2,1H3;. The second-order valence-electron chi connectivity index (χ2n) is 2.00. The van der Waals surface area contributed by atoms with Crippen LogP contribution in [0.15, 0.2) is 0 Å². The molecule has 0 aliphatic heterocycles. The summed E-state index contributed by atoms with van der Waals surface area (Å²) in [5.74, 6) is 0. The van der Waals surface area contributed by atoms with Gasteiger partial charge >= 0.3 is 69.0 Å². The maximum absolute atomic E-state index is 9.85. The van der Waals surface area contributed by atoms with E-state index in [9.17, 15) is 4.79 Å². The third-order valence-electron chi connectivity index (χ3n) is 1.02. The Hall–Kier alpha value is 0.0325. The van der Waals surface area contributed by atoms with Crippen molar-refractivity contribution in [2.24, 2.45) is 0 Å². The number of unbranched alkanes of at least 4 members (excludes halogenated alkanes) is 2. The van der Waals surface area contributed by atoms with Crippen molar-refractivity contribution in [3.8, 4) is 0 Å². The molecule has 58 valence electrons. The Kier molecular flexibility index (Phi) is 7.17. The number of hydrogen-bond acceptors (Lipinski definition) is 2. The van der Waals surface area contributed by atoms with Gasteiger partial charge in [-0.25, -0.2) is 0 Å². The molecule has 0 aliphatic carbocycles. The van der Waals surface area contributed by atoms with Crippen LogP contribution in [0.5, 0.6) is 0 Å². The number of rotatable bonds is 6. The number of aldehydes is 1. The molecule has 0 unspecified atom stereocenters. The summed E-state index contributed by atoms with van der Waals surface area (Å²) in [6.07, 6.45) is 3.47. The van der Waals surface area contributed by atoms with E-state index < -0.39 is 0 Å². The Balaban J connectivity index is 2.90. The van der Waals surface area contributed by atoms with E-state index in [4.69, 9.17) is 4.74 Å². The fourth-order valence-electron chi connectivity index (χ4n) is 0.546. The molecule has 2 nitrogen and oxygen atoms in total. The predicted octanol–water partition coefficient (Wildman–Crippen LogP) is 1.07. The van der Waals surface area contributed by atoms with Crippen LogP contribution in [0.25, 0.3) is 0 Å². The molecule has 0 heterocycles. The van der Waals surface area contributed by atoms with Crippen LogP contribution in [0.4, 0.5) is 0 Å². The van der Waals surface area contributed by atoms with E-state index in [2.05, 4.69) is 15.9 Å². The summed E-state index contributed by atoms with van der Waals surface area (Å²) in [4.78, 5) is 9.85. The van der Waals surface area contributed by atoms with Gasteiger partial charge in [-0.2, -0.15) is 0 Å². The van der Waals surface area contributed by atoms with Gasteiger partial charge in [-0.1, -0.05) is 0 Å². The van der Waals surface area contributed by atoms with Crippen molar-refractivity contribution >= 4 is 10.9 Å². The first kappa shape index (κ1) is 10.0. The maximum atomic E-state index is 9.85. The van der Waals surface area contributed by atoms with Crippen molar-refractivity contribution in [2.75, 3.05) is 6.61 Å². The van der Waals surface area contributed by atoms with Gasteiger partial charge in [0.1, 0.15) is 0 Å². The first-order valence-electron chi connectivity index (χ1n) is 3.34. The summed E-state index contributed by atoms with van der Waals surface area (Å²) < 4.78 is 6.00. The topological polar surface area (TPSA) is 26.3 Å². The monoisotopic (exact) mass is 180 g/mol. The van der Waals surface area contributed by atoms with Crippen LogP contribution in [0.3, 0.4) is 0 Å². The SMILES string of the molecule is C[C](=[Cr])OCCCCC=O. The van der Waals surface area contributed by atoms with Crippen molar-refractivity contribution in [3.63, 3.8) is 0 Å². The van der Waals surface area contributed by atoms with E-state index in [1.165, 1.54) is 0 Å². The summed E-state index contributed by atoms with van der Waals surface area (Å²) in [7, 11) is 0. The van der Waals surface area contributed by atoms with Crippen molar-refractivity contribution in [1.82, 2.24) is 0 Å². The van der Waals surface area contributed by atoms with Gasteiger partial charge < -0.3 is 0 Å². The molecule has 0 bridgehead atoms. The van der Waals surface area contributed by atoms with Crippen LogP contribution in [-0.4, -0.2) is 17.5 Å². The molecule has 0 aromatic heterocycles. The average molecular weight is 180 g/mol. The van der Waals surface area contributed by atoms with E-state index in [0.717, 1.165) is 23.7 Å². The van der Waals surface area contributed by atoms with Crippen LogP contribution in [-0.2, 0) is 25.4 Å². The molecule has 0 spiro atoms. The van der Waals surface area contributed by atoms with Gasteiger partial charge in [0.25, 0.3) is 0 Å². The van der Waals surface area contributed by atoms with Gasteiger partial charge in [0.05, 0.1) is 0 Å². The quantitative estimate of drug-likeness (QED) is 0.451. The van der Waals surface area contributed by atoms with Gasteiger partial charge in [0, 0.05) is 0 Å². The molecule has 0 rings (SSSR count). The number of hydrogen-bond donors (Lipinski definition) is 0. The minimum absolute atomic E-state index is 0.649. The van der Waals surface area contributed by atoms with E-state index in [0.29, 0.717) is 13.0 Å². The summed E-state index contributed by atoms with van der Waals surface area (Å²) in [5.41, 5.74) is 0. The predicted molar refractivity (Wildman–Crippen MR) is 36.5 cm³/mol. The Morgan fingerprint density at radius 1 is 1.60 bits per heavy atom. The summed E-state index contributed by atoms with van der Waals surface area (Å²) in [6.45, 7) is 2.59. The van der Waals surface area contributed by atoms with Crippen LogP contribution in [0, 0.1) is 0 Å². The molecule has 0 atom stereocenters.